The molecule has 4 unspecified atom stereocenters. The molecule has 1 saturated carbocycles. The molecular formula is C16H31NO2. The van der Waals surface area contributed by atoms with Crippen molar-refractivity contribution in [2.24, 2.45) is 23.2 Å². The molecule has 1 aliphatic heterocycles. The first-order valence-electron chi connectivity index (χ1n) is 7.91. The van der Waals surface area contributed by atoms with E-state index in [2.05, 4.69) is 25.7 Å². The van der Waals surface area contributed by atoms with Crippen LogP contribution in [-0.2, 0) is 0 Å². The molecule has 112 valence electrons. The number of likely N-dealkylation sites (tertiary alicyclic amines) is 1. The normalized spacial score (nSPS) is 37.7. The van der Waals surface area contributed by atoms with Gasteiger partial charge in [-0.05, 0) is 55.4 Å². The molecule has 1 aliphatic carbocycles. The first-order valence-corrected chi connectivity index (χ1v) is 7.91. The summed E-state index contributed by atoms with van der Waals surface area (Å²) in [6.07, 6.45) is 4.28. The molecule has 3 heteroatoms. The second kappa shape index (κ2) is 6.11. The Bertz CT molecular complexity index is 287. The van der Waals surface area contributed by atoms with E-state index in [0.29, 0.717) is 23.9 Å². The van der Waals surface area contributed by atoms with E-state index >= 15 is 0 Å². The highest BCUT2D eigenvalue weighted by atomic mass is 16.3. The molecule has 0 aromatic carbocycles. The molecule has 2 fully saturated rings. The van der Waals surface area contributed by atoms with Crippen LogP contribution in [0.5, 0.6) is 0 Å². The van der Waals surface area contributed by atoms with Crippen molar-refractivity contribution in [3.8, 4) is 0 Å². The standard InChI is InChI=1S/C16H31NO2/c1-16(2,3)14-4-5-15(19)13(8-14)10-17-7-6-12(9-17)11-18/h12-15,18-19H,4-11H2,1-3H3. The van der Waals surface area contributed by atoms with Gasteiger partial charge >= 0.3 is 0 Å². The average molecular weight is 269 g/mol. The molecular weight excluding hydrogens is 238 g/mol. The fraction of sp³-hybridized carbons (Fsp3) is 1.00. The van der Waals surface area contributed by atoms with Crippen LogP contribution >= 0.6 is 0 Å². The van der Waals surface area contributed by atoms with E-state index < -0.39 is 0 Å². The van der Waals surface area contributed by atoms with Crippen molar-refractivity contribution < 1.29 is 10.2 Å². The molecule has 1 heterocycles. The Kier molecular flexibility index (Phi) is 4.91. The average Bonchev–Trinajstić information content (AvgIpc) is 2.78. The van der Waals surface area contributed by atoms with Gasteiger partial charge in [0.05, 0.1) is 6.10 Å². The van der Waals surface area contributed by atoms with E-state index in [1.54, 1.807) is 0 Å². The smallest absolute Gasteiger partial charge is 0.0580 e. The van der Waals surface area contributed by atoms with Crippen molar-refractivity contribution in [3.63, 3.8) is 0 Å². The van der Waals surface area contributed by atoms with E-state index in [-0.39, 0.29) is 6.10 Å². The van der Waals surface area contributed by atoms with Crippen molar-refractivity contribution in [1.29, 1.82) is 0 Å². The highest BCUT2D eigenvalue weighted by Crippen LogP contribution is 2.40. The van der Waals surface area contributed by atoms with E-state index in [1.165, 1.54) is 6.42 Å². The summed E-state index contributed by atoms with van der Waals surface area (Å²) < 4.78 is 0. The molecule has 1 saturated heterocycles. The molecule has 0 aromatic rings. The van der Waals surface area contributed by atoms with Gasteiger partial charge in [0, 0.05) is 19.7 Å². The predicted octanol–water partition coefficient (Wildman–Crippen LogP) is 2.12. The Balaban J connectivity index is 1.87. The van der Waals surface area contributed by atoms with Crippen LogP contribution in [0.15, 0.2) is 0 Å². The van der Waals surface area contributed by atoms with Crippen LogP contribution in [0.25, 0.3) is 0 Å². The number of hydrogen-bond donors (Lipinski definition) is 2. The number of rotatable bonds is 3. The number of aliphatic hydroxyl groups is 2. The minimum Gasteiger partial charge on any atom is -0.396 e. The Morgan fingerprint density at radius 1 is 1.16 bits per heavy atom. The molecule has 19 heavy (non-hydrogen) atoms. The minimum absolute atomic E-state index is 0.119. The van der Waals surface area contributed by atoms with E-state index in [4.69, 9.17) is 0 Å². The topological polar surface area (TPSA) is 43.7 Å². The fourth-order valence-corrected chi connectivity index (χ4v) is 3.79. The predicted molar refractivity (Wildman–Crippen MR) is 77.9 cm³/mol. The van der Waals surface area contributed by atoms with Gasteiger partial charge in [-0.15, -0.1) is 0 Å². The highest BCUT2D eigenvalue weighted by molar-refractivity contribution is 4.88. The second-order valence-electron chi connectivity index (χ2n) is 7.80. The Morgan fingerprint density at radius 3 is 2.47 bits per heavy atom. The zero-order valence-corrected chi connectivity index (χ0v) is 12.8. The first kappa shape index (κ1) is 15.3. The van der Waals surface area contributed by atoms with Gasteiger partial charge in [0.2, 0.25) is 0 Å². The molecule has 0 bridgehead atoms. The van der Waals surface area contributed by atoms with Crippen LogP contribution in [0.2, 0.25) is 0 Å². The third-order valence-corrected chi connectivity index (χ3v) is 5.29. The molecule has 2 aliphatic rings. The quantitative estimate of drug-likeness (QED) is 0.825. The largest absolute Gasteiger partial charge is 0.396 e. The summed E-state index contributed by atoms with van der Waals surface area (Å²) in [6.45, 7) is 10.4. The summed E-state index contributed by atoms with van der Waals surface area (Å²) in [5.41, 5.74) is 0.358. The van der Waals surface area contributed by atoms with Crippen LogP contribution < -0.4 is 0 Å². The molecule has 0 spiro atoms. The Labute approximate surface area is 118 Å². The third-order valence-electron chi connectivity index (χ3n) is 5.29. The maximum absolute atomic E-state index is 10.3. The minimum atomic E-state index is -0.119. The van der Waals surface area contributed by atoms with Gasteiger partial charge in [0.1, 0.15) is 0 Å². The molecule has 0 aromatic heterocycles. The van der Waals surface area contributed by atoms with E-state index in [1.807, 2.05) is 0 Å². The van der Waals surface area contributed by atoms with Gasteiger partial charge in [-0.25, -0.2) is 0 Å². The lowest BCUT2D eigenvalue weighted by atomic mass is 9.68. The van der Waals surface area contributed by atoms with Crippen LogP contribution in [0.4, 0.5) is 0 Å². The molecule has 3 nitrogen and oxygen atoms in total. The Hall–Kier alpha value is -0.120. The lowest BCUT2D eigenvalue weighted by Crippen LogP contribution is -2.40. The zero-order valence-electron chi connectivity index (χ0n) is 12.8. The fourth-order valence-electron chi connectivity index (χ4n) is 3.79. The summed E-state index contributed by atoms with van der Waals surface area (Å²) in [7, 11) is 0. The lowest BCUT2D eigenvalue weighted by molar-refractivity contribution is 0.00554. The zero-order chi connectivity index (χ0) is 14.0. The van der Waals surface area contributed by atoms with E-state index in [9.17, 15) is 10.2 Å². The van der Waals surface area contributed by atoms with Gasteiger partial charge in [-0.2, -0.15) is 0 Å². The molecule has 2 rings (SSSR count). The lowest BCUT2D eigenvalue weighted by Gasteiger charge is -2.41. The summed E-state index contributed by atoms with van der Waals surface area (Å²) in [4.78, 5) is 2.44. The van der Waals surface area contributed by atoms with Crippen LogP contribution in [-0.4, -0.2) is 47.5 Å². The van der Waals surface area contributed by atoms with Crippen LogP contribution in [0, 0.1) is 23.2 Å². The monoisotopic (exact) mass is 269 g/mol. The van der Waals surface area contributed by atoms with Crippen molar-refractivity contribution in [2.75, 3.05) is 26.2 Å². The summed E-state index contributed by atoms with van der Waals surface area (Å²) in [6, 6.07) is 0. The van der Waals surface area contributed by atoms with Crippen LogP contribution in [0.3, 0.4) is 0 Å². The van der Waals surface area contributed by atoms with Gasteiger partial charge in [0.15, 0.2) is 0 Å². The summed E-state index contributed by atoms with van der Waals surface area (Å²) >= 11 is 0. The van der Waals surface area contributed by atoms with Gasteiger partial charge in [-0.1, -0.05) is 20.8 Å². The number of hydrogen-bond acceptors (Lipinski definition) is 3. The summed E-state index contributed by atoms with van der Waals surface area (Å²) in [5.74, 6) is 1.62. The number of aliphatic hydroxyl groups excluding tert-OH is 2. The first-order chi connectivity index (χ1) is 8.90. The number of nitrogens with zero attached hydrogens (tertiary/aromatic N) is 1. The maximum atomic E-state index is 10.3. The third kappa shape index (κ3) is 3.93. The van der Waals surface area contributed by atoms with E-state index in [0.717, 1.165) is 44.8 Å². The summed E-state index contributed by atoms with van der Waals surface area (Å²) in [5, 5.41) is 19.5. The van der Waals surface area contributed by atoms with Crippen molar-refractivity contribution in [2.45, 2.75) is 52.6 Å². The van der Waals surface area contributed by atoms with Crippen molar-refractivity contribution in [3.05, 3.63) is 0 Å². The van der Waals surface area contributed by atoms with Gasteiger partial charge in [0.25, 0.3) is 0 Å². The maximum Gasteiger partial charge on any atom is 0.0580 e. The molecule has 0 radical (unpaired) electrons. The molecule has 0 amide bonds. The second-order valence-corrected chi connectivity index (χ2v) is 7.80. The van der Waals surface area contributed by atoms with Crippen LogP contribution in [0.1, 0.15) is 46.5 Å². The highest BCUT2D eigenvalue weighted by Gasteiger charge is 2.36. The van der Waals surface area contributed by atoms with Crippen molar-refractivity contribution in [1.82, 2.24) is 4.90 Å². The SMILES string of the molecule is CC(C)(C)C1CCC(O)C(CN2CCC(CO)C2)C1. The van der Waals surface area contributed by atoms with Gasteiger partial charge < -0.3 is 15.1 Å². The van der Waals surface area contributed by atoms with Crippen molar-refractivity contribution >= 4 is 0 Å². The molecule has 4 atom stereocenters. The Morgan fingerprint density at radius 2 is 1.89 bits per heavy atom. The van der Waals surface area contributed by atoms with Gasteiger partial charge in [-0.3, -0.25) is 0 Å². The molecule has 2 N–H and O–H groups in total.